The number of H-pyrrole nitrogens is 2. The number of nitrogens with zero attached hydrogens (tertiary/aromatic N) is 1. The molecule has 5 heteroatoms. The maximum atomic E-state index is 4.89. The SMILES string of the molecule is CC(Cc1nc(=S)[nH][nH]1)c1cccs1. The van der Waals surface area contributed by atoms with Gasteiger partial charge < -0.3 is 0 Å². The highest BCUT2D eigenvalue weighted by Crippen LogP contribution is 2.22. The van der Waals surface area contributed by atoms with Crippen molar-refractivity contribution in [2.75, 3.05) is 0 Å². The highest BCUT2D eigenvalue weighted by molar-refractivity contribution is 7.71. The molecular formula is C9H11N3S2. The summed E-state index contributed by atoms with van der Waals surface area (Å²) in [6.45, 7) is 2.19. The minimum atomic E-state index is 0.490. The van der Waals surface area contributed by atoms with Crippen LogP contribution in [0.3, 0.4) is 0 Å². The summed E-state index contributed by atoms with van der Waals surface area (Å²) in [5.41, 5.74) is 0. The predicted octanol–water partition coefficient (Wildman–Crippen LogP) is 2.87. The van der Waals surface area contributed by atoms with E-state index in [-0.39, 0.29) is 0 Å². The van der Waals surface area contributed by atoms with Crippen molar-refractivity contribution in [3.8, 4) is 0 Å². The molecule has 0 aromatic carbocycles. The molecule has 2 rings (SSSR count). The second-order valence-corrected chi connectivity index (χ2v) is 4.60. The van der Waals surface area contributed by atoms with Gasteiger partial charge in [0.25, 0.3) is 0 Å². The number of aromatic amines is 2. The van der Waals surface area contributed by atoms with Crippen molar-refractivity contribution in [3.63, 3.8) is 0 Å². The van der Waals surface area contributed by atoms with Crippen LogP contribution in [0.5, 0.6) is 0 Å². The summed E-state index contributed by atoms with van der Waals surface area (Å²) >= 11 is 6.67. The van der Waals surface area contributed by atoms with E-state index in [0.29, 0.717) is 10.7 Å². The molecule has 2 aromatic heterocycles. The molecule has 74 valence electrons. The summed E-state index contributed by atoms with van der Waals surface area (Å²) < 4.78 is 0.526. The third-order valence-electron chi connectivity index (χ3n) is 2.08. The highest BCUT2D eigenvalue weighted by atomic mass is 32.1. The van der Waals surface area contributed by atoms with Gasteiger partial charge in [0.2, 0.25) is 4.77 Å². The van der Waals surface area contributed by atoms with E-state index >= 15 is 0 Å². The lowest BCUT2D eigenvalue weighted by molar-refractivity contribution is 0.733. The minimum absolute atomic E-state index is 0.490. The first-order valence-electron chi connectivity index (χ1n) is 4.42. The topological polar surface area (TPSA) is 44.5 Å². The number of hydrogen-bond donors (Lipinski definition) is 2. The molecule has 0 aliphatic carbocycles. The monoisotopic (exact) mass is 225 g/mol. The average molecular weight is 225 g/mol. The molecule has 0 saturated carbocycles. The van der Waals surface area contributed by atoms with Gasteiger partial charge in [-0.2, -0.15) is 0 Å². The lowest BCUT2D eigenvalue weighted by Crippen LogP contribution is -1.97. The van der Waals surface area contributed by atoms with Crippen LogP contribution in [0.1, 0.15) is 23.5 Å². The summed E-state index contributed by atoms with van der Waals surface area (Å²) in [5, 5.41) is 7.86. The Hall–Kier alpha value is -0.940. The molecule has 2 N–H and O–H groups in total. The average Bonchev–Trinajstić information content (AvgIpc) is 2.75. The molecular weight excluding hydrogens is 214 g/mol. The second-order valence-electron chi connectivity index (χ2n) is 3.23. The van der Waals surface area contributed by atoms with Gasteiger partial charge in [-0.3, -0.25) is 10.2 Å². The van der Waals surface area contributed by atoms with Gasteiger partial charge in [-0.1, -0.05) is 13.0 Å². The van der Waals surface area contributed by atoms with Crippen molar-refractivity contribution in [2.45, 2.75) is 19.3 Å². The van der Waals surface area contributed by atoms with Crippen LogP contribution in [0.15, 0.2) is 17.5 Å². The minimum Gasteiger partial charge on any atom is -0.286 e. The van der Waals surface area contributed by atoms with Gasteiger partial charge in [0.1, 0.15) is 5.82 Å². The Labute approximate surface area is 91.2 Å². The van der Waals surface area contributed by atoms with Crippen LogP contribution in [0.25, 0.3) is 0 Å². The molecule has 0 radical (unpaired) electrons. The quantitative estimate of drug-likeness (QED) is 0.789. The highest BCUT2D eigenvalue weighted by Gasteiger charge is 2.09. The number of aromatic nitrogens is 3. The van der Waals surface area contributed by atoms with Crippen molar-refractivity contribution in [1.29, 1.82) is 0 Å². The first kappa shape index (κ1) is 9.61. The maximum absolute atomic E-state index is 4.89. The van der Waals surface area contributed by atoms with Crippen LogP contribution in [0.4, 0.5) is 0 Å². The third kappa shape index (κ3) is 2.10. The van der Waals surface area contributed by atoms with Crippen molar-refractivity contribution >= 4 is 23.6 Å². The van der Waals surface area contributed by atoms with Crippen LogP contribution < -0.4 is 0 Å². The molecule has 0 amide bonds. The number of rotatable bonds is 3. The fourth-order valence-corrected chi connectivity index (χ4v) is 2.31. The molecule has 0 bridgehead atoms. The zero-order valence-electron chi connectivity index (χ0n) is 7.78. The van der Waals surface area contributed by atoms with Gasteiger partial charge in [-0.05, 0) is 29.6 Å². The Morgan fingerprint density at radius 1 is 1.57 bits per heavy atom. The smallest absolute Gasteiger partial charge is 0.213 e. The first-order valence-corrected chi connectivity index (χ1v) is 5.71. The number of hydrogen-bond acceptors (Lipinski definition) is 3. The summed E-state index contributed by atoms with van der Waals surface area (Å²) in [6, 6.07) is 4.22. The standard InChI is InChI=1S/C9H11N3S2/c1-6(7-3-2-4-14-7)5-8-10-9(13)12-11-8/h2-4,6H,5H2,1H3,(H2,10,11,12,13). The van der Waals surface area contributed by atoms with Crippen LogP contribution in [-0.2, 0) is 6.42 Å². The molecule has 0 saturated heterocycles. The molecule has 2 heterocycles. The third-order valence-corrected chi connectivity index (χ3v) is 3.38. The predicted molar refractivity (Wildman–Crippen MR) is 60.2 cm³/mol. The molecule has 14 heavy (non-hydrogen) atoms. The zero-order chi connectivity index (χ0) is 9.97. The van der Waals surface area contributed by atoms with Gasteiger partial charge in [0.05, 0.1) is 0 Å². The van der Waals surface area contributed by atoms with Gasteiger partial charge in [-0.25, -0.2) is 4.98 Å². The largest absolute Gasteiger partial charge is 0.286 e. The molecule has 3 nitrogen and oxygen atoms in total. The van der Waals surface area contributed by atoms with Crippen molar-refractivity contribution < 1.29 is 0 Å². The summed E-state index contributed by atoms with van der Waals surface area (Å²) in [5.74, 6) is 1.42. The lowest BCUT2D eigenvalue weighted by atomic mass is 10.1. The Bertz CT molecular complexity index is 441. The number of nitrogens with one attached hydrogen (secondary N) is 2. The van der Waals surface area contributed by atoms with Gasteiger partial charge in [0, 0.05) is 11.3 Å². The molecule has 1 unspecified atom stereocenters. The fourth-order valence-electron chi connectivity index (χ4n) is 1.36. The van der Waals surface area contributed by atoms with Crippen molar-refractivity contribution in [3.05, 3.63) is 33.0 Å². The second kappa shape index (κ2) is 4.06. The van der Waals surface area contributed by atoms with E-state index in [2.05, 4.69) is 39.6 Å². The molecule has 1 atom stereocenters. The fraction of sp³-hybridized carbons (Fsp3) is 0.333. The van der Waals surface area contributed by atoms with E-state index in [9.17, 15) is 0 Å². The van der Waals surface area contributed by atoms with Crippen LogP contribution in [0.2, 0.25) is 0 Å². The Morgan fingerprint density at radius 3 is 3.00 bits per heavy atom. The summed E-state index contributed by atoms with van der Waals surface area (Å²) in [4.78, 5) is 5.55. The van der Waals surface area contributed by atoms with E-state index in [0.717, 1.165) is 12.2 Å². The molecule has 0 aliphatic heterocycles. The Balaban J connectivity index is 2.08. The van der Waals surface area contributed by atoms with Crippen LogP contribution in [0, 0.1) is 4.77 Å². The van der Waals surface area contributed by atoms with E-state index in [1.807, 2.05) is 0 Å². The van der Waals surface area contributed by atoms with Crippen LogP contribution >= 0.6 is 23.6 Å². The van der Waals surface area contributed by atoms with Gasteiger partial charge in [-0.15, -0.1) is 11.3 Å². The summed E-state index contributed by atoms with van der Waals surface area (Å²) in [6.07, 6.45) is 0.896. The van der Waals surface area contributed by atoms with E-state index in [1.54, 1.807) is 11.3 Å². The molecule has 0 aliphatic rings. The molecule has 2 aromatic rings. The van der Waals surface area contributed by atoms with E-state index in [1.165, 1.54) is 4.88 Å². The Kier molecular flexibility index (Phi) is 2.79. The van der Waals surface area contributed by atoms with Crippen molar-refractivity contribution in [1.82, 2.24) is 15.2 Å². The van der Waals surface area contributed by atoms with Crippen molar-refractivity contribution in [2.24, 2.45) is 0 Å². The van der Waals surface area contributed by atoms with Gasteiger partial charge in [0.15, 0.2) is 0 Å². The van der Waals surface area contributed by atoms with Gasteiger partial charge >= 0.3 is 0 Å². The Morgan fingerprint density at radius 2 is 2.43 bits per heavy atom. The van der Waals surface area contributed by atoms with Crippen LogP contribution in [-0.4, -0.2) is 15.2 Å². The molecule has 0 fully saturated rings. The summed E-state index contributed by atoms with van der Waals surface area (Å²) in [7, 11) is 0. The first-order chi connectivity index (χ1) is 6.75. The number of thiophene rings is 1. The zero-order valence-corrected chi connectivity index (χ0v) is 9.41. The molecule has 0 spiro atoms. The van der Waals surface area contributed by atoms with E-state index < -0.39 is 0 Å². The van der Waals surface area contributed by atoms with E-state index in [4.69, 9.17) is 12.2 Å². The maximum Gasteiger partial charge on any atom is 0.213 e. The lowest BCUT2D eigenvalue weighted by Gasteiger charge is -2.05. The normalized spacial score (nSPS) is 12.9.